The van der Waals surface area contributed by atoms with Gasteiger partial charge in [0.25, 0.3) is 0 Å². The average Bonchev–Trinajstić information content (AvgIpc) is 2.97. The quantitative estimate of drug-likeness (QED) is 0.221. The molecule has 42 heavy (non-hydrogen) atoms. The monoisotopic (exact) mass is 601 g/mol. The molecule has 11 heteroatoms. The molecule has 0 aliphatic heterocycles. The highest BCUT2D eigenvalue weighted by Crippen LogP contribution is 2.33. The number of halogens is 3. The molecular formula is C31H34F3N3O4S. The van der Waals surface area contributed by atoms with Gasteiger partial charge in [0.1, 0.15) is 0 Å². The van der Waals surface area contributed by atoms with E-state index in [-0.39, 0.29) is 19.1 Å². The molecule has 4 N–H and O–H groups in total. The van der Waals surface area contributed by atoms with Gasteiger partial charge in [0.15, 0.2) is 0 Å². The molecule has 0 saturated carbocycles. The third-order valence-corrected chi connectivity index (χ3v) is 8.66. The van der Waals surface area contributed by atoms with Gasteiger partial charge in [0, 0.05) is 19.5 Å². The highest BCUT2D eigenvalue weighted by Gasteiger charge is 2.33. The van der Waals surface area contributed by atoms with Crippen LogP contribution < -0.4 is 15.4 Å². The number of aliphatic hydroxyl groups is 1. The number of carbonyl (C=O) groups is 1. The van der Waals surface area contributed by atoms with Crippen molar-refractivity contribution in [1.29, 1.82) is 0 Å². The highest BCUT2D eigenvalue weighted by molar-refractivity contribution is 7.89. The maximum Gasteiger partial charge on any atom is 0.416 e. The molecule has 0 aromatic heterocycles. The van der Waals surface area contributed by atoms with Crippen LogP contribution in [0.5, 0.6) is 0 Å². The lowest BCUT2D eigenvalue weighted by Gasteiger charge is -2.28. The zero-order chi connectivity index (χ0) is 30.3. The molecule has 1 amide bonds. The Morgan fingerprint density at radius 1 is 1.05 bits per heavy atom. The lowest BCUT2D eigenvalue weighted by Crippen LogP contribution is -2.36. The fourth-order valence-corrected chi connectivity index (χ4v) is 6.32. The predicted octanol–water partition coefficient (Wildman–Crippen LogP) is 4.90. The van der Waals surface area contributed by atoms with Gasteiger partial charge in [-0.15, -0.1) is 0 Å². The molecule has 0 saturated heterocycles. The summed E-state index contributed by atoms with van der Waals surface area (Å²) in [6.45, 7) is 5.16. The minimum atomic E-state index is -4.70. The molecule has 0 unspecified atom stereocenters. The van der Waals surface area contributed by atoms with Gasteiger partial charge in [0.2, 0.25) is 15.9 Å². The molecule has 0 radical (unpaired) electrons. The SMILES string of the molecule is C=C(CNCCO)c1ccc2c(c1)CCC[C@H]2NC(=O)C[C@@H](NS(=O)(=O)c1cccc(C(F)(F)F)c1)c1ccccc1. The van der Waals surface area contributed by atoms with Gasteiger partial charge in [-0.2, -0.15) is 13.2 Å². The first-order valence-electron chi connectivity index (χ1n) is 13.6. The van der Waals surface area contributed by atoms with Gasteiger partial charge in [-0.3, -0.25) is 4.79 Å². The van der Waals surface area contributed by atoms with Crippen molar-refractivity contribution >= 4 is 21.5 Å². The Morgan fingerprint density at radius 2 is 1.81 bits per heavy atom. The summed E-state index contributed by atoms with van der Waals surface area (Å²) in [5.41, 5.74) is 3.36. The maximum atomic E-state index is 13.3. The number of aliphatic hydroxyl groups excluding tert-OH is 1. The molecule has 2 atom stereocenters. The van der Waals surface area contributed by atoms with Crippen LogP contribution in [-0.2, 0) is 27.4 Å². The van der Waals surface area contributed by atoms with Crippen molar-refractivity contribution in [2.24, 2.45) is 0 Å². The van der Waals surface area contributed by atoms with Crippen LogP contribution in [0.15, 0.2) is 84.3 Å². The lowest BCUT2D eigenvalue weighted by atomic mass is 9.85. The fraction of sp³-hybridized carbons (Fsp3) is 0.323. The van der Waals surface area contributed by atoms with E-state index in [0.29, 0.717) is 31.1 Å². The number of hydrogen-bond acceptors (Lipinski definition) is 5. The molecule has 3 aromatic rings. The van der Waals surface area contributed by atoms with Crippen molar-refractivity contribution in [1.82, 2.24) is 15.4 Å². The van der Waals surface area contributed by atoms with E-state index in [1.807, 2.05) is 12.1 Å². The van der Waals surface area contributed by atoms with E-state index in [2.05, 4.69) is 28.0 Å². The van der Waals surface area contributed by atoms with Crippen molar-refractivity contribution in [2.45, 2.75) is 48.8 Å². The van der Waals surface area contributed by atoms with Crippen molar-refractivity contribution in [3.8, 4) is 0 Å². The van der Waals surface area contributed by atoms with Crippen LogP contribution in [0.2, 0.25) is 0 Å². The summed E-state index contributed by atoms with van der Waals surface area (Å²) >= 11 is 0. The van der Waals surface area contributed by atoms with Gasteiger partial charge >= 0.3 is 6.18 Å². The number of carbonyl (C=O) groups excluding carboxylic acids is 1. The largest absolute Gasteiger partial charge is 0.416 e. The van der Waals surface area contributed by atoms with Crippen molar-refractivity contribution in [3.63, 3.8) is 0 Å². The van der Waals surface area contributed by atoms with Crippen molar-refractivity contribution < 1.29 is 31.5 Å². The third-order valence-electron chi connectivity index (χ3n) is 7.19. The Morgan fingerprint density at radius 3 is 2.52 bits per heavy atom. The Labute approximate surface area is 243 Å². The second-order valence-electron chi connectivity index (χ2n) is 10.2. The molecule has 1 aliphatic rings. The molecule has 3 aromatic carbocycles. The average molecular weight is 602 g/mol. The van der Waals surface area contributed by atoms with Gasteiger partial charge < -0.3 is 15.7 Å². The topological polar surface area (TPSA) is 108 Å². The second kappa shape index (κ2) is 13.6. The number of sulfonamides is 1. The normalized spacial score (nSPS) is 16.0. The maximum absolute atomic E-state index is 13.3. The number of rotatable bonds is 12. The number of nitrogens with one attached hydrogen (secondary N) is 3. The van der Waals surface area contributed by atoms with Crippen LogP contribution in [0.1, 0.15) is 59.2 Å². The number of hydrogen-bond donors (Lipinski definition) is 4. The zero-order valence-electron chi connectivity index (χ0n) is 23.0. The molecule has 0 spiro atoms. The predicted molar refractivity (Wildman–Crippen MR) is 155 cm³/mol. The van der Waals surface area contributed by atoms with Crippen LogP contribution in [0.4, 0.5) is 13.2 Å². The Balaban J connectivity index is 1.50. The van der Waals surface area contributed by atoms with Gasteiger partial charge in [0.05, 0.1) is 29.1 Å². The number of fused-ring (bicyclic) bond motifs is 1. The van der Waals surface area contributed by atoms with Crippen LogP contribution >= 0.6 is 0 Å². The Kier molecular flexibility index (Phi) is 10.2. The van der Waals surface area contributed by atoms with Crippen molar-refractivity contribution in [3.05, 3.63) is 107 Å². The van der Waals surface area contributed by atoms with E-state index < -0.39 is 38.6 Å². The lowest BCUT2D eigenvalue weighted by molar-refractivity contribution is -0.137. The van der Waals surface area contributed by atoms with Crippen LogP contribution in [0.3, 0.4) is 0 Å². The van der Waals surface area contributed by atoms with E-state index in [1.54, 1.807) is 30.3 Å². The summed E-state index contributed by atoms with van der Waals surface area (Å²) < 4.78 is 68.5. The smallest absolute Gasteiger partial charge is 0.395 e. The Hall–Kier alpha value is -3.51. The van der Waals surface area contributed by atoms with Crippen LogP contribution in [0, 0.1) is 0 Å². The number of aryl methyl sites for hydroxylation is 1. The molecule has 224 valence electrons. The van der Waals surface area contributed by atoms with Gasteiger partial charge in [-0.25, -0.2) is 13.1 Å². The molecule has 0 fully saturated rings. The summed E-state index contributed by atoms with van der Waals surface area (Å²) in [6.07, 6.45) is -2.55. The summed E-state index contributed by atoms with van der Waals surface area (Å²) in [7, 11) is -4.40. The first-order chi connectivity index (χ1) is 20.0. The molecule has 4 rings (SSSR count). The van der Waals surface area contributed by atoms with E-state index in [9.17, 15) is 26.4 Å². The van der Waals surface area contributed by atoms with Crippen molar-refractivity contribution in [2.75, 3.05) is 19.7 Å². The molecule has 1 aliphatic carbocycles. The first kappa shape index (κ1) is 31.4. The number of amides is 1. The van der Waals surface area contributed by atoms with E-state index in [1.165, 1.54) is 0 Å². The summed E-state index contributed by atoms with van der Waals surface area (Å²) in [5, 5.41) is 15.1. The molecule has 7 nitrogen and oxygen atoms in total. The zero-order valence-corrected chi connectivity index (χ0v) is 23.8. The third kappa shape index (κ3) is 8.07. The summed E-state index contributed by atoms with van der Waals surface area (Å²) in [6, 6.07) is 16.7. The second-order valence-corrected chi connectivity index (χ2v) is 12.0. The number of alkyl halides is 3. The molecular weight excluding hydrogens is 567 g/mol. The molecule has 0 bridgehead atoms. The van der Waals surface area contributed by atoms with E-state index >= 15 is 0 Å². The number of benzene rings is 3. The molecule has 0 heterocycles. The van der Waals surface area contributed by atoms with Crippen LogP contribution in [-0.4, -0.2) is 39.1 Å². The Bertz CT molecular complexity index is 1510. The standard InChI is InChI=1S/C31H34F3N3O4S/c1-21(20-35-15-16-38)23-13-14-27-24(17-23)9-5-12-28(27)36-30(39)19-29(22-7-3-2-4-8-22)37-42(40,41)26-11-6-10-25(18-26)31(32,33)34/h2-4,6-8,10-11,13-14,17-18,28-29,35,37-38H,1,5,9,12,15-16,19-20H2,(H,36,39)/t28-,29-/m1/s1. The summed E-state index contributed by atoms with van der Waals surface area (Å²) in [4.78, 5) is 12.8. The van der Waals surface area contributed by atoms with Gasteiger partial charge in [-0.05, 0) is 65.3 Å². The minimum Gasteiger partial charge on any atom is -0.395 e. The van der Waals surface area contributed by atoms with Crippen LogP contribution in [0.25, 0.3) is 5.57 Å². The first-order valence-corrected chi connectivity index (χ1v) is 15.1. The van der Waals surface area contributed by atoms with E-state index in [4.69, 9.17) is 5.11 Å². The summed E-state index contributed by atoms with van der Waals surface area (Å²) in [5.74, 6) is -0.393. The highest BCUT2D eigenvalue weighted by atomic mass is 32.2. The minimum absolute atomic E-state index is 0.0384. The van der Waals surface area contributed by atoms with E-state index in [0.717, 1.165) is 53.3 Å². The van der Waals surface area contributed by atoms with Gasteiger partial charge in [-0.1, -0.05) is 61.2 Å². The fourth-order valence-electron chi connectivity index (χ4n) is 5.05.